The normalized spacial score (nSPS) is 16.3. The number of rotatable bonds is 3. The first-order valence-electron chi connectivity index (χ1n) is 7.90. The quantitative estimate of drug-likeness (QED) is 0.795. The molecule has 2 N–H and O–H groups in total. The summed E-state index contributed by atoms with van der Waals surface area (Å²) in [4.78, 5) is 38.9. The Kier molecular flexibility index (Phi) is 4.12. The molecular formula is C17H20N4O4. The van der Waals surface area contributed by atoms with Crippen LogP contribution < -0.4 is 26.6 Å². The summed E-state index contributed by atoms with van der Waals surface area (Å²) in [6.07, 6.45) is -0.0944. The van der Waals surface area contributed by atoms with E-state index < -0.39 is 17.0 Å². The van der Waals surface area contributed by atoms with Crippen molar-refractivity contribution in [3.05, 3.63) is 50.7 Å². The summed E-state index contributed by atoms with van der Waals surface area (Å²) in [5.74, 6) is 0.140. The molecule has 1 aliphatic heterocycles. The molecule has 2 heterocycles. The van der Waals surface area contributed by atoms with E-state index in [0.717, 1.165) is 14.8 Å². The number of para-hydroxylation sites is 2. The number of carbonyl (C=O) groups is 1. The molecule has 8 nitrogen and oxygen atoms in total. The minimum Gasteiger partial charge on any atom is -0.487 e. The van der Waals surface area contributed by atoms with E-state index in [0.29, 0.717) is 12.3 Å². The van der Waals surface area contributed by atoms with Gasteiger partial charge in [-0.2, -0.15) is 0 Å². The Morgan fingerprint density at radius 1 is 1.24 bits per heavy atom. The summed E-state index contributed by atoms with van der Waals surface area (Å²) in [6.45, 7) is 2.39. The molecule has 0 aliphatic carbocycles. The third-order valence-electron chi connectivity index (χ3n) is 4.33. The highest BCUT2D eigenvalue weighted by molar-refractivity contribution is 6.02. The van der Waals surface area contributed by atoms with Crippen LogP contribution in [0.5, 0.6) is 5.75 Å². The first-order chi connectivity index (χ1) is 11.8. The standard InChI is InChI=1S/C17H20N4O4/c1-10-8-21(11-6-4-5-7-13(11)25-10)9-12(22)14-15(18)19(2)17(24)20(3)16(14)23/h4-7,10H,8-9,18H2,1-3H3. The molecule has 3 rings (SSSR count). The van der Waals surface area contributed by atoms with Gasteiger partial charge in [-0.05, 0) is 19.1 Å². The average molecular weight is 344 g/mol. The number of nitrogens with two attached hydrogens (primary N) is 1. The lowest BCUT2D eigenvalue weighted by Gasteiger charge is -2.34. The molecular weight excluding hydrogens is 324 g/mol. The van der Waals surface area contributed by atoms with Crippen LogP contribution in [0.15, 0.2) is 33.9 Å². The molecule has 132 valence electrons. The van der Waals surface area contributed by atoms with Gasteiger partial charge in [0.25, 0.3) is 5.56 Å². The number of aromatic nitrogens is 2. The van der Waals surface area contributed by atoms with Crippen molar-refractivity contribution >= 4 is 17.3 Å². The van der Waals surface area contributed by atoms with Gasteiger partial charge in [0.15, 0.2) is 5.78 Å². The Morgan fingerprint density at radius 2 is 1.92 bits per heavy atom. The molecule has 1 aromatic carbocycles. The van der Waals surface area contributed by atoms with E-state index in [1.165, 1.54) is 14.1 Å². The molecule has 1 aromatic heterocycles. The number of Topliss-reactive ketones (excluding diaryl/α,β-unsaturated/α-hetero) is 1. The zero-order valence-corrected chi connectivity index (χ0v) is 14.4. The molecule has 2 aromatic rings. The van der Waals surface area contributed by atoms with Crippen LogP contribution in [0, 0.1) is 0 Å². The lowest BCUT2D eigenvalue weighted by atomic mass is 10.1. The van der Waals surface area contributed by atoms with Crippen molar-refractivity contribution in [1.82, 2.24) is 9.13 Å². The monoisotopic (exact) mass is 344 g/mol. The third kappa shape index (κ3) is 2.79. The number of benzene rings is 1. The van der Waals surface area contributed by atoms with E-state index in [2.05, 4.69) is 0 Å². The predicted molar refractivity (Wildman–Crippen MR) is 94.4 cm³/mol. The summed E-state index contributed by atoms with van der Waals surface area (Å²) in [7, 11) is 2.76. The lowest BCUT2D eigenvalue weighted by Crippen LogP contribution is -2.45. The maximum Gasteiger partial charge on any atom is 0.332 e. The number of ether oxygens (including phenoxy) is 1. The number of ketones is 1. The summed E-state index contributed by atoms with van der Waals surface area (Å²) >= 11 is 0. The molecule has 1 atom stereocenters. The second-order valence-electron chi connectivity index (χ2n) is 6.17. The van der Waals surface area contributed by atoms with E-state index in [1.807, 2.05) is 36.1 Å². The SMILES string of the molecule is CC1CN(CC(=O)c2c(N)n(C)c(=O)n(C)c2=O)c2ccccc2O1. The number of hydrogen-bond donors (Lipinski definition) is 1. The van der Waals surface area contributed by atoms with Gasteiger partial charge in [-0.3, -0.25) is 18.7 Å². The highest BCUT2D eigenvalue weighted by atomic mass is 16.5. The fraction of sp³-hybridized carbons (Fsp3) is 0.353. The van der Waals surface area contributed by atoms with Crippen LogP contribution in [0.3, 0.4) is 0 Å². The van der Waals surface area contributed by atoms with Crippen LogP contribution in [-0.2, 0) is 14.1 Å². The van der Waals surface area contributed by atoms with Gasteiger partial charge < -0.3 is 15.4 Å². The van der Waals surface area contributed by atoms with Gasteiger partial charge in [0.05, 0.1) is 18.8 Å². The van der Waals surface area contributed by atoms with Crippen LogP contribution in [0.1, 0.15) is 17.3 Å². The Morgan fingerprint density at radius 3 is 2.64 bits per heavy atom. The first-order valence-corrected chi connectivity index (χ1v) is 7.90. The number of anilines is 2. The van der Waals surface area contributed by atoms with Gasteiger partial charge >= 0.3 is 5.69 Å². The molecule has 1 unspecified atom stereocenters. The fourth-order valence-electron chi connectivity index (χ4n) is 3.00. The molecule has 0 bridgehead atoms. The highest BCUT2D eigenvalue weighted by Crippen LogP contribution is 2.32. The Labute approximate surface area is 144 Å². The predicted octanol–water partition coefficient (Wildman–Crippen LogP) is 0.136. The van der Waals surface area contributed by atoms with Gasteiger partial charge in [0.2, 0.25) is 0 Å². The van der Waals surface area contributed by atoms with Crippen molar-refractivity contribution < 1.29 is 9.53 Å². The maximum absolute atomic E-state index is 12.8. The van der Waals surface area contributed by atoms with E-state index >= 15 is 0 Å². The van der Waals surface area contributed by atoms with E-state index in [4.69, 9.17) is 10.5 Å². The smallest absolute Gasteiger partial charge is 0.332 e. The summed E-state index contributed by atoms with van der Waals surface area (Å²) in [6, 6.07) is 7.41. The Bertz CT molecular complexity index is 960. The topological polar surface area (TPSA) is 99.6 Å². The zero-order chi connectivity index (χ0) is 18.3. The van der Waals surface area contributed by atoms with Crippen molar-refractivity contribution in [2.45, 2.75) is 13.0 Å². The van der Waals surface area contributed by atoms with Gasteiger partial charge in [-0.15, -0.1) is 0 Å². The number of hydrogen-bond acceptors (Lipinski definition) is 6. The molecule has 8 heteroatoms. The van der Waals surface area contributed by atoms with Crippen LogP contribution >= 0.6 is 0 Å². The number of carbonyl (C=O) groups excluding carboxylic acids is 1. The minimum atomic E-state index is -0.680. The first kappa shape index (κ1) is 16.8. The second kappa shape index (κ2) is 6.12. The van der Waals surface area contributed by atoms with Crippen LogP contribution in [0.25, 0.3) is 0 Å². The summed E-state index contributed by atoms with van der Waals surface area (Å²) in [5, 5.41) is 0. The van der Waals surface area contributed by atoms with Gasteiger partial charge in [-0.1, -0.05) is 12.1 Å². The molecule has 0 fully saturated rings. The third-order valence-corrected chi connectivity index (χ3v) is 4.33. The molecule has 0 spiro atoms. The van der Waals surface area contributed by atoms with Crippen LogP contribution in [0.4, 0.5) is 11.5 Å². The zero-order valence-electron chi connectivity index (χ0n) is 14.4. The Hall–Kier alpha value is -3.03. The lowest BCUT2D eigenvalue weighted by molar-refractivity contribution is 0.0992. The molecule has 0 saturated carbocycles. The molecule has 0 radical (unpaired) electrons. The van der Waals surface area contributed by atoms with Gasteiger partial charge in [0, 0.05) is 14.1 Å². The van der Waals surface area contributed by atoms with Crippen LogP contribution in [-0.4, -0.2) is 34.1 Å². The van der Waals surface area contributed by atoms with Crippen molar-refractivity contribution in [3.63, 3.8) is 0 Å². The van der Waals surface area contributed by atoms with E-state index in [9.17, 15) is 14.4 Å². The summed E-state index contributed by atoms with van der Waals surface area (Å²) < 4.78 is 7.75. The van der Waals surface area contributed by atoms with Gasteiger partial charge in [0.1, 0.15) is 23.2 Å². The molecule has 0 saturated heterocycles. The van der Waals surface area contributed by atoms with Crippen molar-refractivity contribution in [1.29, 1.82) is 0 Å². The number of fused-ring (bicyclic) bond motifs is 1. The maximum atomic E-state index is 12.8. The average Bonchev–Trinajstić information content (AvgIpc) is 2.58. The van der Waals surface area contributed by atoms with Crippen molar-refractivity contribution in [3.8, 4) is 5.75 Å². The van der Waals surface area contributed by atoms with Gasteiger partial charge in [-0.25, -0.2) is 4.79 Å². The highest BCUT2D eigenvalue weighted by Gasteiger charge is 2.27. The van der Waals surface area contributed by atoms with E-state index in [-0.39, 0.29) is 24.0 Å². The molecule has 1 aliphatic rings. The summed E-state index contributed by atoms with van der Waals surface area (Å²) in [5.41, 5.74) is 5.24. The second-order valence-corrected chi connectivity index (χ2v) is 6.17. The van der Waals surface area contributed by atoms with Crippen molar-refractivity contribution in [2.24, 2.45) is 14.1 Å². The molecule has 0 amide bonds. The largest absolute Gasteiger partial charge is 0.487 e. The minimum absolute atomic E-state index is 0.0254. The Balaban J connectivity index is 2.00. The number of nitrogens with zero attached hydrogens (tertiary/aromatic N) is 3. The van der Waals surface area contributed by atoms with Crippen molar-refractivity contribution in [2.75, 3.05) is 23.7 Å². The fourth-order valence-corrected chi connectivity index (χ4v) is 3.00. The molecule has 25 heavy (non-hydrogen) atoms. The van der Waals surface area contributed by atoms with Crippen LogP contribution in [0.2, 0.25) is 0 Å². The number of nitrogen functional groups attached to an aromatic ring is 1. The van der Waals surface area contributed by atoms with E-state index in [1.54, 1.807) is 0 Å².